The Bertz CT molecular complexity index is 630. The third-order valence-corrected chi connectivity index (χ3v) is 4.65. The van der Waals surface area contributed by atoms with Gasteiger partial charge < -0.3 is 4.90 Å². The van der Waals surface area contributed by atoms with E-state index in [1.165, 1.54) is 15.2 Å². The molecule has 0 amide bonds. The van der Waals surface area contributed by atoms with Crippen molar-refractivity contribution in [2.75, 3.05) is 37.3 Å². The van der Waals surface area contributed by atoms with E-state index in [0.29, 0.717) is 37.7 Å². The molecule has 0 N–H and O–H groups in total. The molecule has 1 aliphatic heterocycles. The minimum absolute atomic E-state index is 0.0136. The number of hydrogen-bond donors (Lipinski definition) is 0. The summed E-state index contributed by atoms with van der Waals surface area (Å²) in [5, 5.41) is 15.2. The van der Waals surface area contributed by atoms with Crippen LogP contribution in [0.5, 0.6) is 0 Å². The van der Waals surface area contributed by atoms with Gasteiger partial charge in [-0.05, 0) is 6.92 Å². The maximum atomic E-state index is 11.5. The standard InChI is InChI=1S/C10H17N5O4S/c1-8-9(15(16)17)10(12(2)11-8)13-4-6-14(7-5-13)20(3,18)19/h4-7H2,1-3H3. The average Bonchev–Trinajstić information content (AvgIpc) is 2.63. The molecule has 9 nitrogen and oxygen atoms in total. The van der Waals surface area contributed by atoms with Gasteiger partial charge in [0.1, 0.15) is 5.69 Å². The highest BCUT2D eigenvalue weighted by atomic mass is 32.2. The Balaban J connectivity index is 2.26. The molecule has 0 aliphatic carbocycles. The Morgan fingerprint density at radius 2 is 1.80 bits per heavy atom. The van der Waals surface area contributed by atoms with Crippen molar-refractivity contribution in [1.29, 1.82) is 0 Å². The average molecular weight is 303 g/mol. The molecule has 0 bridgehead atoms. The summed E-state index contributed by atoms with van der Waals surface area (Å²) in [5.41, 5.74) is 0.346. The number of anilines is 1. The topological polar surface area (TPSA) is 102 Å². The maximum Gasteiger partial charge on any atom is 0.333 e. The minimum atomic E-state index is -3.21. The summed E-state index contributed by atoms with van der Waals surface area (Å²) in [6.45, 7) is 3.05. The van der Waals surface area contributed by atoms with E-state index in [2.05, 4.69) is 5.10 Å². The Morgan fingerprint density at radius 1 is 1.25 bits per heavy atom. The molecule has 2 heterocycles. The van der Waals surface area contributed by atoms with Crippen LogP contribution in [0.2, 0.25) is 0 Å². The number of piperazine rings is 1. The molecule has 0 atom stereocenters. The van der Waals surface area contributed by atoms with E-state index >= 15 is 0 Å². The molecule has 2 rings (SSSR count). The van der Waals surface area contributed by atoms with Crippen molar-refractivity contribution in [3.8, 4) is 0 Å². The largest absolute Gasteiger partial charge is 0.348 e. The van der Waals surface area contributed by atoms with Crippen molar-refractivity contribution in [3.63, 3.8) is 0 Å². The first-order valence-corrected chi connectivity index (χ1v) is 7.94. The van der Waals surface area contributed by atoms with Crippen molar-refractivity contribution in [2.45, 2.75) is 6.92 Å². The van der Waals surface area contributed by atoms with E-state index in [9.17, 15) is 18.5 Å². The SMILES string of the molecule is Cc1nn(C)c(N2CCN(S(C)(=O)=O)CC2)c1[N+](=O)[O-]. The summed E-state index contributed by atoms with van der Waals surface area (Å²) in [6, 6.07) is 0. The van der Waals surface area contributed by atoms with Crippen molar-refractivity contribution < 1.29 is 13.3 Å². The van der Waals surface area contributed by atoms with Gasteiger partial charge in [-0.1, -0.05) is 0 Å². The van der Waals surface area contributed by atoms with E-state index in [1.54, 1.807) is 18.9 Å². The van der Waals surface area contributed by atoms with Gasteiger partial charge in [0.15, 0.2) is 0 Å². The predicted octanol–water partition coefficient (Wildman–Crippen LogP) is -0.282. The molecule has 0 aromatic carbocycles. The summed E-state index contributed by atoms with van der Waals surface area (Å²) >= 11 is 0. The first-order chi connectivity index (χ1) is 9.21. The second-order valence-corrected chi connectivity index (χ2v) is 6.77. The lowest BCUT2D eigenvalue weighted by Crippen LogP contribution is -2.49. The van der Waals surface area contributed by atoms with Gasteiger partial charge >= 0.3 is 5.69 Å². The van der Waals surface area contributed by atoms with E-state index in [0.717, 1.165) is 0 Å². The van der Waals surface area contributed by atoms with Gasteiger partial charge in [0.2, 0.25) is 15.8 Å². The lowest BCUT2D eigenvalue weighted by atomic mass is 10.3. The molecular weight excluding hydrogens is 286 g/mol. The Hall–Kier alpha value is -1.68. The van der Waals surface area contributed by atoms with Gasteiger partial charge in [0.25, 0.3) is 0 Å². The number of aromatic nitrogens is 2. The molecule has 112 valence electrons. The molecule has 0 unspecified atom stereocenters. The lowest BCUT2D eigenvalue weighted by molar-refractivity contribution is -0.384. The summed E-state index contributed by atoms with van der Waals surface area (Å²) in [4.78, 5) is 12.5. The number of nitrogens with zero attached hydrogens (tertiary/aromatic N) is 5. The fraction of sp³-hybridized carbons (Fsp3) is 0.700. The van der Waals surface area contributed by atoms with Gasteiger partial charge in [-0.3, -0.25) is 10.1 Å². The van der Waals surface area contributed by atoms with Crippen molar-refractivity contribution in [3.05, 3.63) is 15.8 Å². The third kappa shape index (κ3) is 2.61. The highest BCUT2D eigenvalue weighted by Gasteiger charge is 2.32. The van der Waals surface area contributed by atoms with Crippen LogP contribution in [0, 0.1) is 17.0 Å². The monoisotopic (exact) mass is 303 g/mol. The molecule has 0 saturated carbocycles. The van der Waals surface area contributed by atoms with Crippen LogP contribution in [-0.4, -0.2) is 59.9 Å². The smallest absolute Gasteiger partial charge is 0.333 e. The van der Waals surface area contributed by atoms with Crippen molar-refractivity contribution in [2.24, 2.45) is 7.05 Å². The molecule has 20 heavy (non-hydrogen) atoms. The van der Waals surface area contributed by atoms with Crippen molar-refractivity contribution >= 4 is 21.5 Å². The number of hydrogen-bond acceptors (Lipinski definition) is 6. The van der Waals surface area contributed by atoms with Crippen LogP contribution in [0.3, 0.4) is 0 Å². The van der Waals surface area contributed by atoms with Crippen LogP contribution in [0.25, 0.3) is 0 Å². The second-order valence-electron chi connectivity index (χ2n) is 4.79. The number of rotatable bonds is 3. The Labute approximate surface area is 117 Å². The first-order valence-electron chi connectivity index (χ1n) is 6.10. The molecule has 1 aromatic heterocycles. The molecule has 10 heteroatoms. The van der Waals surface area contributed by atoms with Crippen LogP contribution in [-0.2, 0) is 17.1 Å². The number of aryl methyl sites for hydroxylation is 2. The van der Waals surface area contributed by atoms with Crippen molar-refractivity contribution in [1.82, 2.24) is 14.1 Å². The minimum Gasteiger partial charge on any atom is -0.348 e. The molecule has 1 saturated heterocycles. The fourth-order valence-electron chi connectivity index (χ4n) is 2.43. The van der Waals surface area contributed by atoms with Gasteiger partial charge in [0.05, 0.1) is 11.2 Å². The zero-order valence-electron chi connectivity index (χ0n) is 11.6. The molecule has 1 aliphatic rings. The fourth-order valence-corrected chi connectivity index (χ4v) is 3.26. The zero-order chi connectivity index (χ0) is 15.1. The molecular formula is C10H17N5O4S. The summed E-state index contributed by atoms with van der Waals surface area (Å²) in [5.74, 6) is 0.431. The zero-order valence-corrected chi connectivity index (χ0v) is 12.4. The lowest BCUT2D eigenvalue weighted by Gasteiger charge is -2.33. The van der Waals surface area contributed by atoms with Gasteiger partial charge in [-0.15, -0.1) is 0 Å². The maximum absolute atomic E-state index is 11.5. The van der Waals surface area contributed by atoms with E-state index in [4.69, 9.17) is 0 Å². The number of sulfonamides is 1. The predicted molar refractivity (Wildman–Crippen MR) is 73.2 cm³/mol. The highest BCUT2D eigenvalue weighted by Crippen LogP contribution is 2.31. The normalized spacial score (nSPS) is 17.4. The van der Waals surface area contributed by atoms with E-state index < -0.39 is 14.9 Å². The molecule has 1 fully saturated rings. The van der Waals surface area contributed by atoms with Crippen LogP contribution in [0.4, 0.5) is 11.5 Å². The third-order valence-electron chi connectivity index (χ3n) is 3.35. The molecule has 1 aromatic rings. The molecule has 0 radical (unpaired) electrons. The number of nitro groups is 1. The van der Waals surface area contributed by atoms with Gasteiger partial charge in [0, 0.05) is 33.2 Å². The van der Waals surface area contributed by atoms with Crippen LogP contribution in [0.1, 0.15) is 5.69 Å². The Kier molecular flexibility index (Phi) is 3.69. The summed E-state index contributed by atoms with van der Waals surface area (Å²) < 4.78 is 25.8. The highest BCUT2D eigenvalue weighted by molar-refractivity contribution is 7.88. The van der Waals surface area contributed by atoms with Gasteiger partial charge in [-0.2, -0.15) is 9.40 Å². The Morgan fingerprint density at radius 3 is 2.25 bits per heavy atom. The summed E-state index contributed by atoms with van der Waals surface area (Å²) in [7, 11) is -1.56. The summed E-state index contributed by atoms with van der Waals surface area (Å²) in [6.07, 6.45) is 1.17. The van der Waals surface area contributed by atoms with Crippen LogP contribution in [0.15, 0.2) is 0 Å². The van der Waals surface area contributed by atoms with E-state index in [1.807, 2.05) is 0 Å². The van der Waals surface area contributed by atoms with Crippen LogP contribution < -0.4 is 4.90 Å². The van der Waals surface area contributed by atoms with Gasteiger partial charge in [-0.25, -0.2) is 13.1 Å². The second kappa shape index (κ2) is 5.02. The van der Waals surface area contributed by atoms with Crippen LogP contribution >= 0.6 is 0 Å². The quantitative estimate of drug-likeness (QED) is 0.562. The van der Waals surface area contributed by atoms with E-state index in [-0.39, 0.29) is 5.69 Å². The first kappa shape index (κ1) is 14.7. The molecule has 0 spiro atoms.